The van der Waals surface area contributed by atoms with E-state index in [4.69, 9.17) is 11.6 Å². The van der Waals surface area contributed by atoms with Crippen molar-refractivity contribution >= 4 is 23.4 Å². The molecule has 0 saturated heterocycles. The van der Waals surface area contributed by atoms with E-state index in [0.717, 1.165) is 6.07 Å². The van der Waals surface area contributed by atoms with Crippen LogP contribution in [-0.4, -0.2) is 34.7 Å². The van der Waals surface area contributed by atoms with Gasteiger partial charge in [0.2, 0.25) is 5.91 Å². The number of H-pyrrole nitrogens is 1. The number of halogens is 2. The first-order chi connectivity index (χ1) is 11.3. The Labute approximate surface area is 141 Å². The number of hydrogen-bond donors (Lipinski definition) is 3. The van der Waals surface area contributed by atoms with Crippen LogP contribution in [0.4, 0.5) is 4.39 Å². The summed E-state index contributed by atoms with van der Waals surface area (Å²) in [5, 5.41) is 7.70. The van der Waals surface area contributed by atoms with Crippen LogP contribution in [0.1, 0.15) is 15.9 Å². The van der Waals surface area contributed by atoms with Gasteiger partial charge in [-0.05, 0) is 18.2 Å². The number of aromatic nitrogens is 2. The number of aryl methyl sites for hydroxylation is 1. The number of hydrogen-bond acceptors (Lipinski definition) is 3. The Morgan fingerprint density at radius 3 is 2.71 bits per heavy atom. The summed E-state index contributed by atoms with van der Waals surface area (Å²) in [5.74, 6) is -2.06. The fraction of sp³-hybridized carbons (Fsp3) is 0.267. The number of aromatic amines is 1. The van der Waals surface area contributed by atoms with Crippen molar-refractivity contribution in [3.05, 3.63) is 56.7 Å². The minimum atomic E-state index is -1.04. The van der Waals surface area contributed by atoms with E-state index in [-0.39, 0.29) is 22.6 Å². The van der Waals surface area contributed by atoms with Gasteiger partial charge in [0.1, 0.15) is 11.9 Å². The number of amides is 2. The number of likely N-dealkylation sites (N-methyl/N-ethyl adjacent to an activating group) is 1. The SMILES string of the molecule is CNC(=O)C(Cc1c[nH]n(C)c1=O)NC(=O)c1cc(Cl)ccc1F. The molecule has 0 fully saturated rings. The molecule has 0 aliphatic rings. The lowest BCUT2D eigenvalue weighted by Gasteiger charge is -2.16. The zero-order valence-corrected chi connectivity index (χ0v) is 13.8. The van der Waals surface area contributed by atoms with Gasteiger partial charge in [0.25, 0.3) is 11.5 Å². The van der Waals surface area contributed by atoms with Gasteiger partial charge >= 0.3 is 0 Å². The molecule has 1 unspecified atom stereocenters. The highest BCUT2D eigenvalue weighted by atomic mass is 35.5. The minimum absolute atomic E-state index is 0.0379. The molecule has 1 heterocycles. The van der Waals surface area contributed by atoms with Crippen molar-refractivity contribution < 1.29 is 14.0 Å². The lowest BCUT2D eigenvalue weighted by Crippen LogP contribution is -2.47. The second kappa shape index (κ2) is 7.31. The quantitative estimate of drug-likeness (QED) is 0.733. The van der Waals surface area contributed by atoms with E-state index >= 15 is 0 Å². The summed E-state index contributed by atoms with van der Waals surface area (Å²) in [7, 11) is 2.93. The number of rotatable bonds is 5. The van der Waals surface area contributed by atoms with Crippen LogP contribution in [0.2, 0.25) is 5.02 Å². The van der Waals surface area contributed by atoms with E-state index in [1.165, 1.54) is 37.1 Å². The summed E-state index contributed by atoms with van der Waals surface area (Å²) in [6.45, 7) is 0. The van der Waals surface area contributed by atoms with Gasteiger partial charge in [0.05, 0.1) is 5.56 Å². The van der Waals surface area contributed by atoms with Crippen LogP contribution in [0.3, 0.4) is 0 Å². The molecular formula is C15H16ClFN4O3. The third kappa shape index (κ3) is 3.83. The van der Waals surface area contributed by atoms with E-state index in [1.54, 1.807) is 0 Å². The molecule has 0 aliphatic heterocycles. The summed E-state index contributed by atoms with van der Waals surface area (Å²) in [6, 6.07) is 2.51. The molecule has 24 heavy (non-hydrogen) atoms. The molecule has 9 heteroatoms. The number of nitrogens with one attached hydrogen (secondary N) is 3. The van der Waals surface area contributed by atoms with Crippen LogP contribution in [0, 0.1) is 5.82 Å². The van der Waals surface area contributed by atoms with Gasteiger partial charge in [-0.3, -0.25) is 19.1 Å². The maximum Gasteiger partial charge on any atom is 0.269 e. The predicted molar refractivity (Wildman–Crippen MR) is 86.5 cm³/mol. The number of nitrogens with zero attached hydrogens (tertiary/aromatic N) is 1. The second-order valence-corrected chi connectivity index (χ2v) is 5.57. The molecule has 3 N–H and O–H groups in total. The molecule has 1 aromatic carbocycles. The number of carbonyl (C=O) groups excluding carboxylic acids is 2. The standard InChI is InChI=1S/C15H16ClFN4O3/c1-18-14(23)12(5-8-7-19-21(2)15(8)24)20-13(22)10-6-9(16)3-4-11(10)17/h3-4,6-7,12,19H,5H2,1-2H3,(H,18,23)(H,20,22). The largest absolute Gasteiger partial charge is 0.357 e. The summed E-state index contributed by atoms with van der Waals surface area (Å²) in [6.07, 6.45) is 1.41. The van der Waals surface area contributed by atoms with Crippen LogP contribution < -0.4 is 16.2 Å². The maximum atomic E-state index is 13.8. The van der Waals surface area contributed by atoms with Gasteiger partial charge in [0, 0.05) is 37.3 Å². The zero-order valence-electron chi connectivity index (χ0n) is 13.0. The van der Waals surface area contributed by atoms with Crippen molar-refractivity contribution in [3.63, 3.8) is 0 Å². The molecule has 0 aliphatic carbocycles. The molecule has 2 rings (SSSR count). The fourth-order valence-corrected chi connectivity index (χ4v) is 2.34. The van der Waals surface area contributed by atoms with Gasteiger partial charge in [-0.1, -0.05) is 11.6 Å². The first-order valence-corrected chi connectivity index (χ1v) is 7.42. The third-order valence-corrected chi connectivity index (χ3v) is 3.71. The Balaban J connectivity index is 2.24. The van der Waals surface area contributed by atoms with E-state index in [9.17, 15) is 18.8 Å². The molecule has 2 aromatic rings. The van der Waals surface area contributed by atoms with Crippen LogP contribution in [0.15, 0.2) is 29.2 Å². The Hall–Kier alpha value is -2.61. The van der Waals surface area contributed by atoms with Crippen molar-refractivity contribution in [2.75, 3.05) is 7.05 Å². The molecule has 0 spiro atoms. The van der Waals surface area contributed by atoms with Gasteiger partial charge in [-0.25, -0.2) is 4.39 Å². The Bertz CT molecular complexity index is 830. The lowest BCUT2D eigenvalue weighted by atomic mass is 10.1. The lowest BCUT2D eigenvalue weighted by molar-refractivity contribution is -0.122. The molecule has 1 atom stereocenters. The Morgan fingerprint density at radius 2 is 2.12 bits per heavy atom. The molecule has 0 radical (unpaired) electrons. The van der Waals surface area contributed by atoms with E-state index in [2.05, 4.69) is 15.7 Å². The highest BCUT2D eigenvalue weighted by Gasteiger charge is 2.24. The van der Waals surface area contributed by atoms with E-state index in [1.807, 2.05) is 0 Å². The fourth-order valence-electron chi connectivity index (χ4n) is 2.17. The van der Waals surface area contributed by atoms with E-state index < -0.39 is 23.7 Å². The molecule has 1 aromatic heterocycles. The average Bonchev–Trinajstić information content (AvgIpc) is 2.87. The molecule has 2 amide bonds. The van der Waals surface area contributed by atoms with Gasteiger partial charge in [0.15, 0.2) is 0 Å². The molecule has 128 valence electrons. The van der Waals surface area contributed by atoms with Crippen molar-refractivity contribution in [1.29, 1.82) is 0 Å². The van der Waals surface area contributed by atoms with E-state index in [0.29, 0.717) is 5.56 Å². The third-order valence-electron chi connectivity index (χ3n) is 3.48. The summed E-state index contributed by atoms with van der Waals surface area (Å²) in [5.41, 5.74) is -0.275. The summed E-state index contributed by atoms with van der Waals surface area (Å²) in [4.78, 5) is 36.1. The smallest absolute Gasteiger partial charge is 0.269 e. The predicted octanol–water partition coefficient (Wildman–Crippen LogP) is 0.593. The average molecular weight is 355 g/mol. The van der Waals surface area contributed by atoms with Gasteiger partial charge in [-0.15, -0.1) is 0 Å². The zero-order chi connectivity index (χ0) is 17.9. The Kier molecular flexibility index (Phi) is 5.40. The number of carbonyl (C=O) groups is 2. The first kappa shape index (κ1) is 17.7. The van der Waals surface area contributed by atoms with Crippen LogP contribution in [0.25, 0.3) is 0 Å². The van der Waals surface area contributed by atoms with Crippen molar-refractivity contribution in [2.45, 2.75) is 12.5 Å². The highest BCUT2D eigenvalue weighted by molar-refractivity contribution is 6.31. The number of benzene rings is 1. The monoisotopic (exact) mass is 354 g/mol. The highest BCUT2D eigenvalue weighted by Crippen LogP contribution is 2.15. The summed E-state index contributed by atoms with van der Waals surface area (Å²) >= 11 is 5.77. The van der Waals surface area contributed by atoms with Crippen LogP contribution in [0.5, 0.6) is 0 Å². The van der Waals surface area contributed by atoms with Gasteiger partial charge < -0.3 is 15.7 Å². The van der Waals surface area contributed by atoms with Crippen LogP contribution in [-0.2, 0) is 18.3 Å². The molecule has 7 nitrogen and oxygen atoms in total. The topological polar surface area (TPSA) is 96.0 Å². The molecule has 0 bridgehead atoms. The van der Waals surface area contributed by atoms with Crippen molar-refractivity contribution in [1.82, 2.24) is 20.4 Å². The summed E-state index contributed by atoms with van der Waals surface area (Å²) < 4.78 is 15.0. The normalized spacial score (nSPS) is 11.8. The first-order valence-electron chi connectivity index (χ1n) is 7.04. The molecule has 0 saturated carbocycles. The van der Waals surface area contributed by atoms with Crippen molar-refractivity contribution in [3.8, 4) is 0 Å². The van der Waals surface area contributed by atoms with Gasteiger partial charge in [-0.2, -0.15) is 0 Å². The minimum Gasteiger partial charge on any atom is -0.357 e. The maximum absolute atomic E-state index is 13.8. The van der Waals surface area contributed by atoms with Crippen LogP contribution >= 0.6 is 11.6 Å². The second-order valence-electron chi connectivity index (χ2n) is 5.13. The Morgan fingerprint density at radius 1 is 1.42 bits per heavy atom. The molecular weight excluding hydrogens is 339 g/mol. The van der Waals surface area contributed by atoms with Crippen molar-refractivity contribution in [2.24, 2.45) is 7.05 Å².